The largest absolute Gasteiger partial charge is 0.392 e. The van der Waals surface area contributed by atoms with Crippen molar-refractivity contribution < 1.29 is 9.90 Å². The number of amides is 1. The normalized spacial score (nSPS) is 19.7. The van der Waals surface area contributed by atoms with Crippen molar-refractivity contribution in [1.29, 1.82) is 0 Å². The Balaban J connectivity index is 1.99. The van der Waals surface area contributed by atoms with Crippen LogP contribution in [0, 0.1) is 0 Å². The monoisotopic (exact) mass is 220 g/mol. The van der Waals surface area contributed by atoms with E-state index >= 15 is 0 Å². The zero-order chi connectivity index (χ0) is 11.4. The smallest absolute Gasteiger partial charge is 0.241 e. The van der Waals surface area contributed by atoms with Gasteiger partial charge in [-0.3, -0.25) is 4.79 Å². The quantitative estimate of drug-likeness (QED) is 0.708. The van der Waals surface area contributed by atoms with Crippen molar-refractivity contribution >= 4 is 11.6 Å². The van der Waals surface area contributed by atoms with Crippen molar-refractivity contribution in [2.75, 3.05) is 11.9 Å². The first-order valence-corrected chi connectivity index (χ1v) is 5.53. The molecule has 1 aromatic rings. The zero-order valence-electron chi connectivity index (χ0n) is 9.07. The lowest BCUT2D eigenvalue weighted by Gasteiger charge is -2.11. The van der Waals surface area contributed by atoms with Crippen LogP contribution < -0.4 is 10.6 Å². The molecule has 0 aromatic heterocycles. The number of nitrogens with one attached hydrogen (secondary N) is 2. The van der Waals surface area contributed by atoms with E-state index in [0.717, 1.165) is 30.6 Å². The fourth-order valence-corrected chi connectivity index (χ4v) is 1.89. The van der Waals surface area contributed by atoms with E-state index in [0.29, 0.717) is 0 Å². The molecule has 1 aliphatic heterocycles. The maximum absolute atomic E-state index is 11.8. The molecule has 0 bridgehead atoms. The third-order valence-corrected chi connectivity index (χ3v) is 2.75. The highest BCUT2D eigenvalue weighted by atomic mass is 16.3. The Kier molecular flexibility index (Phi) is 3.54. The second-order valence-corrected chi connectivity index (χ2v) is 4.00. The highest BCUT2D eigenvalue weighted by molar-refractivity contribution is 5.95. The second kappa shape index (κ2) is 5.09. The molecule has 0 unspecified atom stereocenters. The van der Waals surface area contributed by atoms with E-state index in [2.05, 4.69) is 10.6 Å². The van der Waals surface area contributed by atoms with Crippen LogP contribution >= 0.6 is 0 Å². The lowest BCUT2D eigenvalue weighted by molar-refractivity contribution is -0.117. The molecule has 0 radical (unpaired) electrons. The fourth-order valence-electron chi connectivity index (χ4n) is 1.89. The van der Waals surface area contributed by atoms with Crippen LogP contribution in [0.15, 0.2) is 24.3 Å². The minimum absolute atomic E-state index is 0.00703. The third-order valence-electron chi connectivity index (χ3n) is 2.75. The minimum atomic E-state index is -0.0715. The molecule has 1 fully saturated rings. The molecule has 0 saturated carbocycles. The van der Waals surface area contributed by atoms with Crippen LogP contribution in [0.4, 0.5) is 5.69 Å². The molecule has 2 rings (SSSR count). The summed E-state index contributed by atoms with van der Waals surface area (Å²) in [5.41, 5.74) is 1.54. The maximum Gasteiger partial charge on any atom is 0.241 e. The van der Waals surface area contributed by atoms with Gasteiger partial charge in [0.2, 0.25) is 5.91 Å². The maximum atomic E-state index is 11.8. The van der Waals surface area contributed by atoms with Gasteiger partial charge in [-0.25, -0.2) is 0 Å². The summed E-state index contributed by atoms with van der Waals surface area (Å²) in [6, 6.07) is 7.18. The van der Waals surface area contributed by atoms with Crippen molar-refractivity contribution in [3.8, 4) is 0 Å². The standard InChI is InChI=1S/C12H16N2O2/c15-8-9-3-1-4-10(7-9)14-12(16)11-5-2-6-13-11/h1,3-4,7,11,13,15H,2,5-6,8H2,(H,14,16)/t11-/m0/s1. The molecular weight excluding hydrogens is 204 g/mol. The molecule has 1 heterocycles. The number of carbonyl (C=O) groups is 1. The molecule has 3 N–H and O–H groups in total. The molecule has 1 saturated heterocycles. The number of aliphatic hydroxyl groups excluding tert-OH is 1. The van der Waals surface area contributed by atoms with Crippen molar-refractivity contribution in [3.05, 3.63) is 29.8 Å². The van der Waals surface area contributed by atoms with Crippen molar-refractivity contribution in [3.63, 3.8) is 0 Å². The van der Waals surface area contributed by atoms with Crippen LogP contribution in [0.2, 0.25) is 0 Å². The predicted octanol–water partition coefficient (Wildman–Crippen LogP) is 0.869. The number of hydrogen-bond acceptors (Lipinski definition) is 3. The summed E-state index contributed by atoms with van der Waals surface area (Å²) in [4.78, 5) is 11.8. The van der Waals surface area contributed by atoms with E-state index in [9.17, 15) is 4.79 Å². The molecule has 4 nitrogen and oxygen atoms in total. The summed E-state index contributed by atoms with van der Waals surface area (Å²) in [6.45, 7) is 0.903. The first kappa shape index (κ1) is 11.1. The molecule has 4 heteroatoms. The van der Waals surface area contributed by atoms with Crippen LogP contribution in [0.3, 0.4) is 0 Å². The van der Waals surface area contributed by atoms with Gasteiger partial charge in [-0.2, -0.15) is 0 Å². The van der Waals surface area contributed by atoms with Gasteiger partial charge < -0.3 is 15.7 Å². The highest BCUT2D eigenvalue weighted by Crippen LogP contribution is 2.13. The number of carbonyl (C=O) groups excluding carboxylic acids is 1. The molecule has 1 amide bonds. The molecule has 0 spiro atoms. The van der Waals surface area contributed by atoms with Gasteiger partial charge in [0.1, 0.15) is 0 Å². The average Bonchev–Trinajstić information content (AvgIpc) is 2.83. The Hall–Kier alpha value is -1.39. The first-order valence-electron chi connectivity index (χ1n) is 5.53. The van der Waals surface area contributed by atoms with Crippen LogP contribution in [-0.4, -0.2) is 23.6 Å². The summed E-state index contributed by atoms with van der Waals surface area (Å²) >= 11 is 0. The van der Waals surface area contributed by atoms with Crippen LogP contribution in [0.25, 0.3) is 0 Å². The number of rotatable bonds is 3. The van der Waals surface area contributed by atoms with Crippen LogP contribution in [0.5, 0.6) is 0 Å². The van der Waals surface area contributed by atoms with Gasteiger partial charge in [0.15, 0.2) is 0 Å². The minimum Gasteiger partial charge on any atom is -0.392 e. The van der Waals surface area contributed by atoms with Crippen molar-refractivity contribution in [2.45, 2.75) is 25.5 Å². The van der Waals surface area contributed by atoms with Gasteiger partial charge in [-0.05, 0) is 37.1 Å². The molecule has 1 atom stereocenters. The van der Waals surface area contributed by atoms with Gasteiger partial charge in [-0.1, -0.05) is 12.1 Å². The summed E-state index contributed by atoms with van der Waals surface area (Å²) < 4.78 is 0. The van der Waals surface area contributed by atoms with E-state index in [4.69, 9.17) is 5.11 Å². The number of benzene rings is 1. The SMILES string of the molecule is O=C(Nc1cccc(CO)c1)[C@@H]1CCCN1. The van der Waals surface area contributed by atoms with Gasteiger partial charge >= 0.3 is 0 Å². The van der Waals surface area contributed by atoms with E-state index in [1.165, 1.54) is 0 Å². The Labute approximate surface area is 94.7 Å². The first-order chi connectivity index (χ1) is 7.79. The van der Waals surface area contributed by atoms with E-state index in [1.807, 2.05) is 18.2 Å². The molecule has 0 aliphatic carbocycles. The van der Waals surface area contributed by atoms with Gasteiger partial charge in [-0.15, -0.1) is 0 Å². The lowest BCUT2D eigenvalue weighted by Crippen LogP contribution is -2.35. The molecule has 86 valence electrons. The Morgan fingerprint density at radius 3 is 3.12 bits per heavy atom. The van der Waals surface area contributed by atoms with Crippen molar-refractivity contribution in [1.82, 2.24) is 5.32 Å². The summed E-state index contributed by atoms with van der Waals surface area (Å²) in [5, 5.41) is 15.0. The zero-order valence-corrected chi connectivity index (χ0v) is 9.07. The van der Waals surface area contributed by atoms with Gasteiger partial charge in [0.25, 0.3) is 0 Å². The molecular formula is C12H16N2O2. The average molecular weight is 220 g/mol. The van der Waals surface area contributed by atoms with Crippen LogP contribution in [-0.2, 0) is 11.4 Å². The third kappa shape index (κ3) is 2.59. The van der Waals surface area contributed by atoms with E-state index in [-0.39, 0.29) is 18.6 Å². The molecule has 1 aliphatic rings. The molecule has 16 heavy (non-hydrogen) atoms. The van der Waals surface area contributed by atoms with Crippen molar-refractivity contribution in [2.24, 2.45) is 0 Å². The van der Waals surface area contributed by atoms with E-state index in [1.54, 1.807) is 6.07 Å². The van der Waals surface area contributed by atoms with Gasteiger partial charge in [0.05, 0.1) is 12.6 Å². The van der Waals surface area contributed by atoms with Crippen LogP contribution in [0.1, 0.15) is 18.4 Å². The second-order valence-electron chi connectivity index (χ2n) is 4.00. The lowest BCUT2D eigenvalue weighted by atomic mass is 10.2. The summed E-state index contributed by atoms with van der Waals surface area (Å²) in [7, 11) is 0. The fraction of sp³-hybridized carbons (Fsp3) is 0.417. The highest BCUT2D eigenvalue weighted by Gasteiger charge is 2.21. The Morgan fingerprint density at radius 2 is 2.44 bits per heavy atom. The van der Waals surface area contributed by atoms with Gasteiger partial charge in [0, 0.05) is 5.69 Å². The number of hydrogen-bond donors (Lipinski definition) is 3. The molecule has 1 aromatic carbocycles. The van der Waals surface area contributed by atoms with E-state index < -0.39 is 0 Å². The summed E-state index contributed by atoms with van der Waals surface area (Å²) in [6.07, 6.45) is 1.94. The summed E-state index contributed by atoms with van der Waals surface area (Å²) in [5.74, 6) is 0.00703. The topological polar surface area (TPSA) is 61.4 Å². The number of aliphatic hydroxyl groups is 1. The predicted molar refractivity (Wildman–Crippen MR) is 62.0 cm³/mol. The number of anilines is 1. The Morgan fingerprint density at radius 1 is 1.56 bits per heavy atom. The Bertz CT molecular complexity index is 373.